The zero-order valence-electron chi connectivity index (χ0n) is 9.60. The molecule has 74 valence electrons. The van der Waals surface area contributed by atoms with Gasteiger partial charge < -0.3 is 0 Å². The minimum atomic E-state index is 0.301. The third-order valence-electron chi connectivity index (χ3n) is 2.73. The van der Waals surface area contributed by atoms with Crippen LogP contribution < -0.4 is 0 Å². The standard InChI is InChI=1S/C11H24S/c1-8(10(2,3)4)9(12)11(5,6)7/h8-9,12H,1-7H3. The summed E-state index contributed by atoms with van der Waals surface area (Å²) in [4.78, 5) is 0. The quantitative estimate of drug-likeness (QED) is 0.591. The first-order chi connectivity index (χ1) is 5.07. The van der Waals surface area contributed by atoms with E-state index in [1.54, 1.807) is 0 Å². The first-order valence-electron chi connectivity index (χ1n) is 4.75. The van der Waals surface area contributed by atoms with Gasteiger partial charge in [0.05, 0.1) is 0 Å². The zero-order chi connectivity index (χ0) is 10.2. The summed E-state index contributed by atoms with van der Waals surface area (Å²) in [6.45, 7) is 15.9. The minimum absolute atomic E-state index is 0.301. The Morgan fingerprint density at radius 3 is 1.25 bits per heavy atom. The number of rotatable bonds is 1. The lowest BCUT2D eigenvalue weighted by molar-refractivity contribution is 0.194. The summed E-state index contributed by atoms with van der Waals surface area (Å²) in [6.07, 6.45) is 0. The van der Waals surface area contributed by atoms with Crippen molar-refractivity contribution in [3.8, 4) is 0 Å². The Labute approximate surface area is 83.5 Å². The molecule has 0 saturated heterocycles. The van der Waals surface area contributed by atoms with E-state index in [4.69, 9.17) is 12.6 Å². The summed E-state index contributed by atoms with van der Waals surface area (Å²) >= 11 is 4.70. The van der Waals surface area contributed by atoms with E-state index in [0.29, 0.717) is 22.0 Å². The van der Waals surface area contributed by atoms with E-state index in [9.17, 15) is 0 Å². The van der Waals surface area contributed by atoms with Crippen LogP contribution in [0.3, 0.4) is 0 Å². The molecule has 0 amide bonds. The SMILES string of the molecule is CC(C(S)C(C)(C)C)C(C)(C)C. The van der Waals surface area contributed by atoms with Crippen LogP contribution in [0.15, 0.2) is 0 Å². The first kappa shape index (κ1) is 12.3. The topological polar surface area (TPSA) is 0 Å². The largest absolute Gasteiger partial charge is 0.175 e. The van der Waals surface area contributed by atoms with Gasteiger partial charge in [-0.3, -0.25) is 0 Å². The van der Waals surface area contributed by atoms with Crippen LogP contribution in [0.4, 0.5) is 0 Å². The van der Waals surface area contributed by atoms with Gasteiger partial charge in [0.1, 0.15) is 0 Å². The fourth-order valence-corrected chi connectivity index (χ4v) is 1.67. The Morgan fingerprint density at radius 2 is 1.17 bits per heavy atom. The van der Waals surface area contributed by atoms with Crippen molar-refractivity contribution in [3.63, 3.8) is 0 Å². The van der Waals surface area contributed by atoms with Crippen molar-refractivity contribution in [2.45, 2.75) is 53.7 Å². The summed E-state index contributed by atoms with van der Waals surface area (Å²) in [5.74, 6) is 0.640. The van der Waals surface area contributed by atoms with E-state index in [-0.39, 0.29) is 0 Å². The van der Waals surface area contributed by atoms with E-state index >= 15 is 0 Å². The Morgan fingerprint density at radius 1 is 0.833 bits per heavy atom. The molecule has 0 radical (unpaired) electrons. The molecule has 12 heavy (non-hydrogen) atoms. The second-order valence-electron chi connectivity index (χ2n) is 5.97. The Balaban J connectivity index is 4.41. The molecule has 0 aliphatic carbocycles. The van der Waals surface area contributed by atoms with E-state index < -0.39 is 0 Å². The van der Waals surface area contributed by atoms with Gasteiger partial charge in [0, 0.05) is 5.25 Å². The molecule has 0 spiro atoms. The van der Waals surface area contributed by atoms with E-state index in [2.05, 4.69) is 48.5 Å². The van der Waals surface area contributed by atoms with E-state index in [1.807, 2.05) is 0 Å². The molecule has 0 aromatic heterocycles. The lowest BCUT2D eigenvalue weighted by atomic mass is 9.73. The lowest BCUT2D eigenvalue weighted by Gasteiger charge is -2.39. The van der Waals surface area contributed by atoms with Crippen LogP contribution in [0.1, 0.15) is 48.5 Å². The van der Waals surface area contributed by atoms with Crippen molar-refractivity contribution in [3.05, 3.63) is 0 Å². The van der Waals surface area contributed by atoms with Crippen molar-refractivity contribution in [2.75, 3.05) is 0 Å². The van der Waals surface area contributed by atoms with Gasteiger partial charge in [-0.05, 0) is 16.7 Å². The second-order valence-corrected chi connectivity index (χ2v) is 6.52. The summed E-state index contributed by atoms with van der Waals surface area (Å²) in [5, 5.41) is 0.470. The maximum absolute atomic E-state index is 4.70. The van der Waals surface area contributed by atoms with E-state index in [1.165, 1.54) is 0 Å². The highest BCUT2D eigenvalue weighted by atomic mass is 32.1. The molecule has 0 rings (SSSR count). The third-order valence-corrected chi connectivity index (χ3v) is 3.95. The summed E-state index contributed by atoms with van der Waals surface area (Å²) < 4.78 is 0. The van der Waals surface area contributed by atoms with Crippen LogP contribution in [0, 0.1) is 16.7 Å². The van der Waals surface area contributed by atoms with Crippen molar-refractivity contribution in [1.29, 1.82) is 0 Å². The molecule has 0 aromatic rings. The molecule has 0 heterocycles. The number of hydrogen-bond acceptors (Lipinski definition) is 1. The predicted octanol–water partition coefficient (Wildman–Crippen LogP) is 4.01. The van der Waals surface area contributed by atoms with Gasteiger partial charge in [-0.25, -0.2) is 0 Å². The second kappa shape index (κ2) is 3.61. The van der Waals surface area contributed by atoms with Gasteiger partial charge in [-0.2, -0.15) is 12.6 Å². The number of thiol groups is 1. The molecule has 0 aromatic carbocycles. The average Bonchev–Trinajstić information content (AvgIpc) is 1.80. The van der Waals surface area contributed by atoms with Gasteiger partial charge in [0.25, 0.3) is 0 Å². The highest BCUT2D eigenvalue weighted by molar-refractivity contribution is 7.81. The highest BCUT2D eigenvalue weighted by Crippen LogP contribution is 2.38. The normalized spacial score (nSPS) is 19.0. The van der Waals surface area contributed by atoms with Crippen molar-refractivity contribution in [1.82, 2.24) is 0 Å². The van der Waals surface area contributed by atoms with Gasteiger partial charge in [0.15, 0.2) is 0 Å². The summed E-state index contributed by atoms with van der Waals surface area (Å²) in [7, 11) is 0. The third kappa shape index (κ3) is 3.38. The van der Waals surface area contributed by atoms with Crippen molar-refractivity contribution in [2.24, 2.45) is 16.7 Å². The average molecular weight is 188 g/mol. The van der Waals surface area contributed by atoms with Crippen molar-refractivity contribution < 1.29 is 0 Å². The smallest absolute Gasteiger partial charge is 0.00959 e. The van der Waals surface area contributed by atoms with Gasteiger partial charge in [0.2, 0.25) is 0 Å². The van der Waals surface area contributed by atoms with Gasteiger partial charge >= 0.3 is 0 Å². The predicted molar refractivity (Wildman–Crippen MR) is 60.8 cm³/mol. The molecule has 0 fully saturated rings. The fourth-order valence-electron chi connectivity index (χ4n) is 1.22. The summed E-state index contributed by atoms with van der Waals surface area (Å²) in [6, 6.07) is 0. The first-order valence-corrected chi connectivity index (χ1v) is 5.26. The fraction of sp³-hybridized carbons (Fsp3) is 1.00. The number of hydrogen-bond donors (Lipinski definition) is 1. The zero-order valence-corrected chi connectivity index (χ0v) is 10.5. The molecule has 2 unspecified atom stereocenters. The minimum Gasteiger partial charge on any atom is -0.175 e. The summed E-state index contributed by atoms with van der Waals surface area (Å²) in [5.41, 5.74) is 0.662. The van der Waals surface area contributed by atoms with Crippen LogP contribution in [-0.2, 0) is 0 Å². The molecular weight excluding hydrogens is 164 g/mol. The lowest BCUT2D eigenvalue weighted by Crippen LogP contribution is -2.35. The molecule has 0 nitrogen and oxygen atoms in total. The maximum Gasteiger partial charge on any atom is 0.00959 e. The molecule has 0 aliphatic heterocycles. The maximum atomic E-state index is 4.70. The Kier molecular flexibility index (Phi) is 3.72. The monoisotopic (exact) mass is 188 g/mol. The molecule has 0 bridgehead atoms. The molecule has 0 N–H and O–H groups in total. The van der Waals surface area contributed by atoms with E-state index in [0.717, 1.165) is 0 Å². The highest BCUT2D eigenvalue weighted by Gasteiger charge is 2.33. The van der Waals surface area contributed by atoms with Crippen LogP contribution in [0.2, 0.25) is 0 Å². The Hall–Kier alpha value is 0.350. The molecule has 0 aliphatic rings. The molecule has 1 heteroatoms. The Bertz CT molecular complexity index is 118. The molecule has 2 atom stereocenters. The van der Waals surface area contributed by atoms with Crippen molar-refractivity contribution >= 4 is 12.6 Å². The van der Waals surface area contributed by atoms with Crippen LogP contribution in [-0.4, -0.2) is 5.25 Å². The van der Waals surface area contributed by atoms with Crippen LogP contribution in [0.25, 0.3) is 0 Å². The molecular formula is C11H24S. The van der Waals surface area contributed by atoms with Gasteiger partial charge in [-0.15, -0.1) is 0 Å². The van der Waals surface area contributed by atoms with Crippen LogP contribution in [0.5, 0.6) is 0 Å². The molecule has 0 saturated carbocycles. The van der Waals surface area contributed by atoms with Gasteiger partial charge in [-0.1, -0.05) is 48.5 Å². The van der Waals surface area contributed by atoms with Crippen LogP contribution >= 0.6 is 12.6 Å².